The number of carbonyl (C=O) groups excluding carboxylic acids is 2. The smallest absolute Gasteiger partial charge is 0.243 e. The minimum Gasteiger partial charge on any atom is -0.353 e. The van der Waals surface area contributed by atoms with Crippen LogP contribution in [-0.2, 0) is 29.6 Å². The lowest BCUT2D eigenvalue weighted by Gasteiger charge is -2.24. The molecule has 0 saturated carbocycles. The van der Waals surface area contributed by atoms with E-state index in [1.807, 2.05) is 13.8 Å². The van der Waals surface area contributed by atoms with E-state index in [2.05, 4.69) is 10.6 Å². The first-order valence-corrected chi connectivity index (χ1v) is 14.5. The average molecular weight is 537 g/mol. The van der Waals surface area contributed by atoms with Gasteiger partial charge in [0.25, 0.3) is 0 Å². The molecule has 2 amide bonds. The molecule has 1 aliphatic heterocycles. The van der Waals surface area contributed by atoms with Crippen molar-refractivity contribution < 1.29 is 26.4 Å². The van der Waals surface area contributed by atoms with Crippen LogP contribution in [-0.4, -0.2) is 76.0 Å². The van der Waals surface area contributed by atoms with Gasteiger partial charge in [0.2, 0.25) is 31.9 Å². The highest BCUT2D eigenvalue weighted by Gasteiger charge is 2.30. The van der Waals surface area contributed by atoms with E-state index < -0.39 is 51.0 Å². The Morgan fingerprint density at radius 1 is 0.722 bits per heavy atom. The number of rotatable bonds is 4. The second-order valence-corrected chi connectivity index (χ2v) is 12.8. The fraction of sp³-hybridized carbons (Fsp3) is 0.417. The summed E-state index contributed by atoms with van der Waals surface area (Å²) in [4.78, 5) is 25.3. The van der Waals surface area contributed by atoms with Crippen molar-refractivity contribution in [1.29, 1.82) is 0 Å². The molecule has 0 aliphatic carbocycles. The number of sulfonamides is 2. The molecule has 0 radical (unpaired) electrons. The highest BCUT2D eigenvalue weighted by molar-refractivity contribution is 7.89. The number of carbonyl (C=O) groups is 2. The summed E-state index contributed by atoms with van der Waals surface area (Å²) in [6.07, 6.45) is 0.0757. The molecule has 1 saturated heterocycles. The summed E-state index contributed by atoms with van der Waals surface area (Å²) < 4.78 is 55.4. The van der Waals surface area contributed by atoms with E-state index in [9.17, 15) is 26.4 Å². The summed E-state index contributed by atoms with van der Waals surface area (Å²) in [5.41, 5.74) is 1.78. The van der Waals surface area contributed by atoms with Crippen LogP contribution in [0.4, 0.5) is 0 Å². The fourth-order valence-electron chi connectivity index (χ4n) is 3.73. The van der Waals surface area contributed by atoms with Crippen molar-refractivity contribution in [3.8, 4) is 0 Å². The van der Waals surface area contributed by atoms with Gasteiger partial charge in [-0.25, -0.2) is 16.8 Å². The highest BCUT2D eigenvalue weighted by Crippen LogP contribution is 2.19. The summed E-state index contributed by atoms with van der Waals surface area (Å²) in [6, 6.07) is 12.1. The molecule has 12 heteroatoms. The SMILES string of the molecule is Cc1ccc(S(=O)(=O)N2CCCN(S(=O)(=O)c3ccc(C)cc3)CC(=O)NC(C)CNC(=O)C2)cc1. The van der Waals surface area contributed by atoms with Gasteiger partial charge in [-0.05, 0) is 51.5 Å². The molecule has 1 atom stereocenters. The molecule has 36 heavy (non-hydrogen) atoms. The van der Waals surface area contributed by atoms with Gasteiger partial charge in [0, 0.05) is 25.7 Å². The molecule has 1 unspecified atom stereocenters. The van der Waals surface area contributed by atoms with Crippen molar-refractivity contribution in [2.75, 3.05) is 32.7 Å². The highest BCUT2D eigenvalue weighted by atomic mass is 32.2. The lowest BCUT2D eigenvalue weighted by Crippen LogP contribution is -2.47. The lowest BCUT2D eigenvalue weighted by molar-refractivity contribution is -0.123. The van der Waals surface area contributed by atoms with Crippen LogP contribution in [0.15, 0.2) is 58.3 Å². The van der Waals surface area contributed by atoms with Gasteiger partial charge in [0.1, 0.15) is 0 Å². The molecular weight excluding hydrogens is 504 g/mol. The number of hydrogen-bond acceptors (Lipinski definition) is 6. The molecule has 0 bridgehead atoms. The predicted octanol–water partition coefficient (Wildman–Crippen LogP) is 1.01. The van der Waals surface area contributed by atoms with Crippen molar-refractivity contribution >= 4 is 31.9 Å². The van der Waals surface area contributed by atoms with Gasteiger partial charge in [0.15, 0.2) is 0 Å². The van der Waals surface area contributed by atoms with E-state index in [1.54, 1.807) is 31.2 Å². The average Bonchev–Trinajstić information content (AvgIpc) is 2.82. The number of aryl methyl sites for hydroxylation is 2. The molecule has 2 N–H and O–H groups in total. The van der Waals surface area contributed by atoms with Crippen molar-refractivity contribution in [2.24, 2.45) is 0 Å². The third kappa shape index (κ3) is 6.90. The molecular formula is C24H32N4O6S2. The van der Waals surface area contributed by atoms with Crippen LogP contribution in [0.1, 0.15) is 24.5 Å². The van der Waals surface area contributed by atoms with Gasteiger partial charge >= 0.3 is 0 Å². The maximum absolute atomic E-state index is 13.3. The summed E-state index contributed by atoms with van der Waals surface area (Å²) >= 11 is 0. The maximum Gasteiger partial charge on any atom is 0.243 e. The monoisotopic (exact) mass is 536 g/mol. The van der Waals surface area contributed by atoms with Crippen LogP contribution >= 0.6 is 0 Å². The fourth-order valence-corrected chi connectivity index (χ4v) is 6.59. The van der Waals surface area contributed by atoms with Gasteiger partial charge in [-0.2, -0.15) is 8.61 Å². The Morgan fingerprint density at radius 2 is 1.14 bits per heavy atom. The van der Waals surface area contributed by atoms with Gasteiger partial charge in [-0.1, -0.05) is 35.4 Å². The minimum absolute atomic E-state index is 0.0410. The molecule has 10 nitrogen and oxygen atoms in total. The topological polar surface area (TPSA) is 133 Å². The first kappa shape index (κ1) is 27.8. The predicted molar refractivity (Wildman–Crippen MR) is 135 cm³/mol. The molecule has 196 valence electrons. The number of nitrogens with zero attached hydrogens (tertiary/aromatic N) is 2. The van der Waals surface area contributed by atoms with Crippen LogP contribution in [0.5, 0.6) is 0 Å². The number of nitrogens with one attached hydrogen (secondary N) is 2. The molecule has 0 spiro atoms. The van der Waals surface area contributed by atoms with E-state index in [0.717, 1.165) is 19.7 Å². The van der Waals surface area contributed by atoms with Crippen LogP contribution in [0.3, 0.4) is 0 Å². The van der Waals surface area contributed by atoms with Crippen LogP contribution in [0.25, 0.3) is 0 Å². The van der Waals surface area contributed by atoms with E-state index in [4.69, 9.17) is 0 Å². The van der Waals surface area contributed by atoms with Crippen LogP contribution < -0.4 is 10.6 Å². The van der Waals surface area contributed by atoms with E-state index in [-0.39, 0.29) is 35.8 Å². The number of amides is 2. The third-order valence-corrected chi connectivity index (χ3v) is 9.50. The van der Waals surface area contributed by atoms with Crippen molar-refractivity contribution in [2.45, 2.75) is 43.0 Å². The first-order chi connectivity index (χ1) is 16.9. The maximum atomic E-state index is 13.3. The Kier molecular flexibility index (Phi) is 8.88. The molecule has 1 aliphatic rings. The third-order valence-electron chi connectivity index (χ3n) is 5.79. The zero-order valence-corrected chi connectivity index (χ0v) is 22.2. The summed E-state index contributed by atoms with van der Waals surface area (Å²) in [5.74, 6) is -1.04. The summed E-state index contributed by atoms with van der Waals surface area (Å²) in [5, 5.41) is 5.32. The van der Waals surface area contributed by atoms with Gasteiger partial charge in [0.05, 0.1) is 22.9 Å². The minimum atomic E-state index is -4.03. The van der Waals surface area contributed by atoms with Gasteiger partial charge in [-0.15, -0.1) is 0 Å². The second-order valence-electron chi connectivity index (χ2n) is 8.93. The molecule has 2 aromatic rings. The summed E-state index contributed by atoms with van der Waals surface area (Å²) in [7, 11) is -8.05. The standard InChI is InChI=1S/C24H32N4O6S2/c1-18-5-9-21(10-6-18)35(31,32)27-13-4-14-28(36(33,34)22-11-7-19(2)8-12-22)17-24(30)26-20(3)15-25-23(29)16-27/h5-12,20H,4,13-17H2,1-3H3,(H,25,29)(H,26,30). The number of benzene rings is 2. The molecule has 1 fully saturated rings. The molecule has 2 aromatic carbocycles. The quantitative estimate of drug-likeness (QED) is 0.599. The van der Waals surface area contributed by atoms with E-state index >= 15 is 0 Å². The zero-order chi connectivity index (χ0) is 26.5. The van der Waals surface area contributed by atoms with Gasteiger partial charge < -0.3 is 10.6 Å². The molecule has 3 rings (SSSR count). The zero-order valence-electron chi connectivity index (χ0n) is 20.6. The van der Waals surface area contributed by atoms with Gasteiger partial charge in [-0.3, -0.25) is 9.59 Å². The van der Waals surface area contributed by atoms with Crippen molar-refractivity contribution in [3.63, 3.8) is 0 Å². The Morgan fingerprint density at radius 3 is 1.58 bits per heavy atom. The number of hydrogen-bond donors (Lipinski definition) is 2. The normalized spacial score (nSPS) is 19.9. The Balaban J connectivity index is 1.92. The Labute approximate surface area is 212 Å². The van der Waals surface area contributed by atoms with Crippen LogP contribution in [0, 0.1) is 13.8 Å². The largest absolute Gasteiger partial charge is 0.353 e. The second kappa shape index (κ2) is 11.5. The molecule has 0 aromatic heterocycles. The summed E-state index contributed by atoms with van der Waals surface area (Å²) in [6.45, 7) is 4.32. The van der Waals surface area contributed by atoms with Crippen molar-refractivity contribution in [3.05, 3.63) is 59.7 Å². The van der Waals surface area contributed by atoms with E-state index in [0.29, 0.717) is 0 Å². The first-order valence-electron chi connectivity index (χ1n) is 11.6. The Bertz CT molecular complexity index is 1290. The van der Waals surface area contributed by atoms with E-state index in [1.165, 1.54) is 24.3 Å². The molecule has 1 heterocycles. The lowest BCUT2D eigenvalue weighted by atomic mass is 10.2. The van der Waals surface area contributed by atoms with Crippen LogP contribution in [0.2, 0.25) is 0 Å². The van der Waals surface area contributed by atoms with Crippen molar-refractivity contribution in [1.82, 2.24) is 19.2 Å². The Hall–Kier alpha value is -2.80.